The number of fused-ring (bicyclic) bond motifs is 1. The molecule has 0 bridgehead atoms. The fourth-order valence-electron chi connectivity index (χ4n) is 2.68. The Kier molecular flexibility index (Phi) is 6.65. The fraction of sp³-hybridized carbons (Fsp3) is 0.300. The average Bonchev–Trinajstić information content (AvgIpc) is 2.92. The highest BCUT2D eigenvalue weighted by molar-refractivity contribution is 6.32. The Labute approximate surface area is 173 Å². The van der Waals surface area contributed by atoms with Gasteiger partial charge in [-0.05, 0) is 48.9 Å². The first-order valence-corrected chi connectivity index (χ1v) is 9.62. The Morgan fingerprint density at radius 3 is 2.57 bits per heavy atom. The van der Waals surface area contributed by atoms with E-state index in [1.807, 2.05) is 0 Å². The molecule has 2 aromatic rings. The number of ether oxygens (including phenoxy) is 2. The number of halogens is 2. The number of hydrogen-bond acceptors (Lipinski definition) is 4. The maximum atomic E-state index is 12.3. The molecule has 8 heteroatoms. The summed E-state index contributed by atoms with van der Waals surface area (Å²) in [5.74, 6) is 0.430. The molecule has 0 saturated heterocycles. The van der Waals surface area contributed by atoms with Gasteiger partial charge in [-0.15, -0.1) is 0 Å². The Bertz CT molecular complexity index is 871. The molecular formula is C20H20Cl2N2O4. The van der Waals surface area contributed by atoms with Gasteiger partial charge in [-0.2, -0.15) is 0 Å². The third-order valence-electron chi connectivity index (χ3n) is 4.18. The normalized spacial score (nSPS) is 14.0. The van der Waals surface area contributed by atoms with Crippen LogP contribution in [0.5, 0.6) is 11.5 Å². The first-order chi connectivity index (χ1) is 13.4. The van der Waals surface area contributed by atoms with E-state index in [1.165, 1.54) is 0 Å². The van der Waals surface area contributed by atoms with E-state index in [2.05, 4.69) is 10.6 Å². The molecule has 0 saturated carbocycles. The Balaban J connectivity index is 1.57. The van der Waals surface area contributed by atoms with E-state index >= 15 is 0 Å². The number of rotatable bonds is 5. The number of carbonyl (C=O) groups is 2. The van der Waals surface area contributed by atoms with Gasteiger partial charge in [0, 0.05) is 23.6 Å². The van der Waals surface area contributed by atoms with E-state index in [-0.39, 0.29) is 18.4 Å². The van der Waals surface area contributed by atoms with Gasteiger partial charge >= 0.3 is 0 Å². The van der Waals surface area contributed by atoms with Gasteiger partial charge in [0.05, 0.1) is 18.2 Å². The maximum absolute atomic E-state index is 12.3. The van der Waals surface area contributed by atoms with E-state index in [0.29, 0.717) is 40.3 Å². The molecule has 0 spiro atoms. The highest BCUT2D eigenvalue weighted by atomic mass is 35.5. The predicted octanol–water partition coefficient (Wildman–Crippen LogP) is 3.59. The average molecular weight is 423 g/mol. The van der Waals surface area contributed by atoms with Gasteiger partial charge in [-0.25, -0.2) is 0 Å². The number of nitrogens with one attached hydrogen (secondary N) is 2. The van der Waals surface area contributed by atoms with Crippen LogP contribution >= 0.6 is 23.2 Å². The van der Waals surface area contributed by atoms with Crippen molar-refractivity contribution in [2.45, 2.75) is 25.9 Å². The number of carbonyl (C=O) groups excluding carboxylic acids is 2. The van der Waals surface area contributed by atoms with E-state index in [1.54, 1.807) is 43.3 Å². The summed E-state index contributed by atoms with van der Waals surface area (Å²) in [6.45, 7) is 2.96. The van der Waals surface area contributed by atoms with Crippen LogP contribution in [0.2, 0.25) is 10.0 Å². The second kappa shape index (κ2) is 9.17. The van der Waals surface area contributed by atoms with Crippen molar-refractivity contribution in [3.63, 3.8) is 0 Å². The topological polar surface area (TPSA) is 76.7 Å². The smallest absolute Gasteiger partial charge is 0.251 e. The molecule has 1 aliphatic rings. The minimum Gasteiger partial charge on any atom is -0.489 e. The first kappa shape index (κ1) is 20.3. The SMILES string of the molecule is C[C@H](NC(=O)c1ccc(Cl)cc1)C(=O)NCc1cc(Cl)c2c(c1)OCCCO2. The van der Waals surface area contributed by atoms with E-state index in [0.717, 1.165) is 12.0 Å². The largest absolute Gasteiger partial charge is 0.489 e. The Hall–Kier alpha value is -2.44. The molecule has 0 fully saturated rings. The molecule has 148 valence electrons. The Morgan fingerprint density at radius 1 is 1.11 bits per heavy atom. The van der Waals surface area contributed by atoms with Crippen molar-refractivity contribution in [3.8, 4) is 11.5 Å². The summed E-state index contributed by atoms with van der Waals surface area (Å²) in [6, 6.07) is 9.25. The molecule has 3 rings (SSSR count). The van der Waals surface area contributed by atoms with Crippen LogP contribution in [0.3, 0.4) is 0 Å². The van der Waals surface area contributed by atoms with Crippen molar-refractivity contribution in [1.82, 2.24) is 10.6 Å². The van der Waals surface area contributed by atoms with Crippen LogP contribution in [-0.2, 0) is 11.3 Å². The van der Waals surface area contributed by atoms with E-state index in [9.17, 15) is 9.59 Å². The molecule has 2 N–H and O–H groups in total. The summed E-state index contributed by atoms with van der Waals surface area (Å²) in [5, 5.41) is 6.42. The third kappa shape index (κ3) is 5.09. The van der Waals surface area contributed by atoms with Crippen LogP contribution in [0, 0.1) is 0 Å². The van der Waals surface area contributed by atoms with Crippen molar-refractivity contribution in [3.05, 3.63) is 57.6 Å². The van der Waals surface area contributed by atoms with Gasteiger partial charge in [-0.3, -0.25) is 9.59 Å². The van der Waals surface area contributed by atoms with Crippen LogP contribution in [-0.4, -0.2) is 31.1 Å². The number of amides is 2. The maximum Gasteiger partial charge on any atom is 0.251 e. The Morgan fingerprint density at radius 2 is 1.82 bits per heavy atom. The van der Waals surface area contributed by atoms with Crippen LogP contribution in [0.4, 0.5) is 0 Å². The van der Waals surface area contributed by atoms with Gasteiger partial charge < -0.3 is 20.1 Å². The minimum absolute atomic E-state index is 0.246. The standard InChI is InChI=1S/C20H20Cl2N2O4/c1-12(24-20(26)14-3-5-15(21)6-4-14)19(25)23-11-13-9-16(22)18-17(10-13)27-7-2-8-28-18/h3-6,9-10,12H,2,7-8,11H2,1H3,(H,23,25)(H,24,26)/t12-/m0/s1. The van der Waals surface area contributed by atoms with Crippen molar-refractivity contribution in [1.29, 1.82) is 0 Å². The second-order valence-corrected chi connectivity index (χ2v) is 7.22. The quantitative estimate of drug-likeness (QED) is 0.771. The lowest BCUT2D eigenvalue weighted by molar-refractivity contribution is -0.122. The summed E-state index contributed by atoms with van der Waals surface area (Å²) in [6.07, 6.45) is 0.780. The highest BCUT2D eigenvalue weighted by Crippen LogP contribution is 2.37. The van der Waals surface area contributed by atoms with Gasteiger partial charge in [0.25, 0.3) is 5.91 Å². The summed E-state index contributed by atoms with van der Waals surface area (Å²) in [7, 11) is 0. The lowest BCUT2D eigenvalue weighted by Crippen LogP contribution is -2.44. The van der Waals surface area contributed by atoms with E-state index < -0.39 is 6.04 Å². The molecule has 6 nitrogen and oxygen atoms in total. The lowest BCUT2D eigenvalue weighted by Gasteiger charge is -2.15. The molecule has 0 radical (unpaired) electrons. The molecule has 0 unspecified atom stereocenters. The minimum atomic E-state index is -0.709. The van der Waals surface area contributed by atoms with Gasteiger partial charge in [0.1, 0.15) is 6.04 Å². The van der Waals surface area contributed by atoms with Crippen molar-refractivity contribution < 1.29 is 19.1 Å². The molecule has 1 heterocycles. The van der Waals surface area contributed by atoms with Crippen LogP contribution in [0.25, 0.3) is 0 Å². The molecule has 2 amide bonds. The summed E-state index contributed by atoms with van der Waals surface area (Å²) in [5.41, 5.74) is 1.21. The van der Waals surface area contributed by atoms with Crippen LogP contribution < -0.4 is 20.1 Å². The molecule has 1 aliphatic heterocycles. The number of hydrogen-bond donors (Lipinski definition) is 2. The zero-order valence-corrected chi connectivity index (χ0v) is 16.8. The molecule has 0 aromatic heterocycles. The summed E-state index contributed by atoms with van der Waals surface area (Å²) >= 11 is 12.1. The fourth-order valence-corrected chi connectivity index (χ4v) is 3.09. The zero-order valence-electron chi connectivity index (χ0n) is 15.3. The van der Waals surface area contributed by atoms with Crippen molar-refractivity contribution in [2.24, 2.45) is 0 Å². The molecule has 28 heavy (non-hydrogen) atoms. The number of benzene rings is 2. The van der Waals surface area contributed by atoms with Gasteiger partial charge in [0.2, 0.25) is 5.91 Å². The van der Waals surface area contributed by atoms with Crippen molar-refractivity contribution >= 4 is 35.0 Å². The van der Waals surface area contributed by atoms with E-state index in [4.69, 9.17) is 32.7 Å². The predicted molar refractivity (Wildman–Crippen MR) is 107 cm³/mol. The van der Waals surface area contributed by atoms with Gasteiger partial charge in [0.15, 0.2) is 11.5 Å². The van der Waals surface area contributed by atoms with Crippen molar-refractivity contribution in [2.75, 3.05) is 13.2 Å². The highest BCUT2D eigenvalue weighted by Gasteiger charge is 2.18. The van der Waals surface area contributed by atoms with Crippen LogP contribution in [0.1, 0.15) is 29.3 Å². The molecule has 0 aliphatic carbocycles. The third-order valence-corrected chi connectivity index (χ3v) is 4.71. The lowest BCUT2D eigenvalue weighted by atomic mass is 10.1. The second-order valence-electron chi connectivity index (χ2n) is 6.38. The monoisotopic (exact) mass is 422 g/mol. The molecule has 1 atom stereocenters. The van der Waals surface area contributed by atoms with Crippen LogP contribution in [0.15, 0.2) is 36.4 Å². The molecular weight excluding hydrogens is 403 g/mol. The summed E-state index contributed by atoms with van der Waals surface area (Å²) in [4.78, 5) is 24.5. The molecule has 2 aromatic carbocycles. The summed E-state index contributed by atoms with van der Waals surface area (Å²) < 4.78 is 11.2. The van der Waals surface area contributed by atoms with Gasteiger partial charge in [-0.1, -0.05) is 23.2 Å². The zero-order chi connectivity index (χ0) is 20.1. The first-order valence-electron chi connectivity index (χ1n) is 8.86.